The minimum Gasteiger partial charge on any atom is -0.496 e. The van der Waals surface area contributed by atoms with Crippen molar-refractivity contribution >= 4 is 28.5 Å². The Hall–Kier alpha value is -3.35. The maximum atomic E-state index is 13.4. The molecule has 2 heterocycles. The zero-order chi connectivity index (χ0) is 21.9. The van der Waals surface area contributed by atoms with E-state index in [-0.39, 0.29) is 17.1 Å². The van der Waals surface area contributed by atoms with E-state index in [1.807, 2.05) is 36.4 Å². The molecule has 5 rings (SSSR count). The van der Waals surface area contributed by atoms with E-state index in [1.54, 1.807) is 7.11 Å². The monoisotopic (exact) mass is 419 g/mol. The van der Waals surface area contributed by atoms with Crippen molar-refractivity contribution in [3.05, 3.63) is 53.2 Å². The number of hydrogen-bond acceptors (Lipinski definition) is 5. The van der Waals surface area contributed by atoms with Gasteiger partial charge in [0.2, 0.25) is 5.91 Å². The SMILES string of the molecule is COc1cccc2cccc(C3C4=C(CC(C)(C)CC4=O)NC4NC(=O)NC(=O)C43)c12. The summed E-state index contributed by atoms with van der Waals surface area (Å²) >= 11 is 0. The summed E-state index contributed by atoms with van der Waals surface area (Å²) in [6, 6.07) is 11.1. The van der Waals surface area contributed by atoms with E-state index >= 15 is 0 Å². The number of hydrogen-bond donors (Lipinski definition) is 3. The summed E-state index contributed by atoms with van der Waals surface area (Å²) < 4.78 is 5.65. The van der Waals surface area contributed by atoms with Gasteiger partial charge in [0.05, 0.1) is 13.0 Å². The Bertz CT molecular complexity index is 1160. The smallest absolute Gasteiger partial charge is 0.323 e. The molecule has 1 saturated heterocycles. The maximum Gasteiger partial charge on any atom is 0.323 e. The lowest BCUT2D eigenvalue weighted by molar-refractivity contribution is -0.127. The molecule has 31 heavy (non-hydrogen) atoms. The Morgan fingerprint density at radius 2 is 1.74 bits per heavy atom. The first-order chi connectivity index (χ1) is 14.8. The number of imide groups is 1. The number of allylic oxidation sites excluding steroid dienone is 2. The molecule has 0 saturated carbocycles. The van der Waals surface area contributed by atoms with E-state index < -0.39 is 24.0 Å². The van der Waals surface area contributed by atoms with Crippen molar-refractivity contribution in [3.63, 3.8) is 0 Å². The molecule has 3 aliphatic rings. The predicted molar refractivity (Wildman–Crippen MR) is 115 cm³/mol. The average molecular weight is 419 g/mol. The second kappa shape index (κ2) is 6.83. The van der Waals surface area contributed by atoms with Crippen molar-refractivity contribution in [1.29, 1.82) is 0 Å². The van der Waals surface area contributed by atoms with Crippen LogP contribution >= 0.6 is 0 Å². The third-order valence-electron chi connectivity index (χ3n) is 6.56. The fraction of sp³-hybridized carbons (Fsp3) is 0.375. The lowest BCUT2D eigenvalue weighted by Crippen LogP contribution is -2.66. The van der Waals surface area contributed by atoms with E-state index in [9.17, 15) is 14.4 Å². The summed E-state index contributed by atoms with van der Waals surface area (Å²) in [6.45, 7) is 4.12. The zero-order valence-electron chi connectivity index (χ0n) is 17.7. The van der Waals surface area contributed by atoms with Crippen LogP contribution in [0.3, 0.4) is 0 Å². The van der Waals surface area contributed by atoms with Crippen LogP contribution < -0.4 is 20.7 Å². The molecule has 0 aromatic heterocycles. The van der Waals surface area contributed by atoms with Crippen molar-refractivity contribution in [1.82, 2.24) is 16.0 Å². The summed E-state index contributed by atoms with van der Waals surface area (Å²) in [5.74, 6) is -0.808. The number of nitrogens with one attached hydrogen (secondary N) is 3. The molecule has 160 valence electrons. The third kappa shape index (κ3) is 3.07. The molecule has 0 radical (unpaired) electrons. The van der Waals surface area contributed by atoms with E-state index in [2.05, 4.69) is 29.8 Å². The molecular formula is C24H25N3O4. The second-order valence-electron chi connectivity index (χ2n) is 9.33. The molecule has 1 fully saturated rings. The number of methoxy groups -OCH3 is 1. The van der Waals surface area contributed by atoms with Crippen molar-refractivity contribution in [3.8, 4) is 5.75 Å². The molecule has 1 aliphatic carbocycles. The molecule has 0 bridgehead atoms. The Morgan fingerprint density at radius 3 is 2.48 bits per heavy atom. The minimum absolute atomic E-state index is 0.0406. The highest BCUT2D eigenvalue weighted by Crippen LogP contribution is 2.49. The Morgan fingerprint density at radius 1 is 1.00 bits per heavy atom. The van der Waals surface area contributed by atoms with Crippen LogP contribution in [-0.4, -0.2) is 31.0 Å². The van der Waals surface area contributed by atoms with Gasteiger partial charge in [-0.25, -0.2) is 4.79 Å². The molecule has 3 N–H and O–H groups in total. The number of carbonyl (C=O) groups excluding carboxylic acids is 3. The number of fused-ring (bicyclic) bond motifs is 2. The van der Waals surface area contributed by atoms with Crippen LogP contribution in [-0.2, 0) is 9.59 Å². The molecule has 0 spiro atoms. The Kier molecular flexibility index (Phi) is 4.32. The van der Waals surface area contributed by atoms with Gasteiger partial charge in [-0.15, -0.1) is 0 Å². The van der Waals surface area contributed by atoms with Crippen molar-refractivity contribution in [2.75, 3.05) is 7.11 Å². The van der Waals surface area contributed by atoms with Gasteiger partial charge in [0, 0.05) is 29.0 Å². The molecule has 3 unspecified atom stereocenters. The summed E-state index contributed by atoms with van der Waals surface area (Å²) in [4.78, 5) is 38.5. The number of urea groups is 1. The van der Waals surface area contributed by atoms with Crippen LogP contribution in [0.25, 0.3) is 10.8 Å². The fourth-order valence-corrected chi connectivity index (χ4v) is 5.39. The molecule has 3 amide bonds. The maximum absolute atomic E-state index is 13.4. The van der Waals surface area contributed by atoms with Crippen molar-refractivity contribution < 1.29 is 19.1 Å². The standard InChI is InChI=1S/C24H25N3O4/c1-24(2)10-14-19(15(28)11-24)18(20-21(25-14)26-23(30)27-22(20)29)13-8-4-6-12-7-5-9-16(31-3)17(12)13/h4-9,18,20-21,25H,10-11H2,1-3H3,(H2,26,27,29,30). The van der Waals surface area contributed by atoms with Gasteiger partial charge in [-0.3, -0.25) is 14.9 Å². The van der Waals surface area contributed by atoms with Crippen LogP contribution in [0, 0.1) is 11.3 Å². The lowest BCUT2D eigenvalue weighted by Gasteiger charge is -2.47. The topological polar surface area (TPSA) is 96.5 Å². The summed E-state index contributed by atoms with van der Waals surface area (Å²) in [7, 11) is 1.61. The first-order valence-corrected chi connectivity index (χ1v) is 10.5. The molecule has 2 aromatic rings. The van der Waals surface area contributed by atoms with Crippen LogP contribution in [0.4, 0.5) is 4.79 Å². The highest BCUT2D eigenvalue weighted by atomic mass is 16.5. The second-order valence-corrected chi connectivity index (χ2v) is 9.33. The summed E-state index contributed by atoms with van der Waals surface area (Å²) in [6.07, 6.45) is 0.501. The van der Waals surface area contributed by atoms with Crippen molar-refractivity contribution in [2.45, 2.75) is 38.8 Å². The van der Waals surface area contributed by atoms with Gasteiger partial charge in [-0.1, -0.05) is 44.2 Å². The fourth-order valence-electron chi connectivity index (χ4n) is 5.39. The zero-order valence-corrected chi connectivity index (χ0v) is 17.7. The average Bonchev–Trinajstić information content (AvgIpc) is 2.70. The van der Waals surface area contributed by atoms with Gasteiger partial charge in [0.1, 0.15) is 11.9 Å². The highest BCUT2D eigenvalue weighted by Gasteiger charge is 2.51. The number of ketones is 1. The van der Waals surface area contributed by atoms with Crippen LogP contribution in [0.5, 0.6) is 5.75 Å². The number of amides is 3. The molecule has 2 aliphatic heterocycles. The van der Waals surface area contributed by atoms with E-state index in [4.69, 9.17) is 4.74 Å². The van der Waals surface area contributed by atoms with Crippen LogP contribution in [0.1, 0.15) is 38.2 Å². The van der Waals surface area contributed by atoms with E-state index in [0.717, 1.165) is 22.0 Å². The molecule has 3 atom stereocenters. The first kappa shape index (κ1) is 19.6. The quantitative estimate of drug-likeness (QED) is 0.696. The lowest BCUT2D eigenvalue weighted by atomic mass is 9.65. The third-order valence-corrected chi connectivity index (χ3v) is 6.56. The van der Waals surface area contributed by atoms with E-state index in [0.29, 0.717) is 24.2 Å². The van der Waals surface area contributed by atoms with Crippen LogP contribution in [0.2, 0.25) is 0 Å². The predicted octanol–water partition coefficient (Wildman–Crippen LogP) is 2.96. The number of benzene rings is 2. The molecular weight excluding hydrogens is 394 g/mol. The van der Waals surface area contributed by atoms with Crippen molar-refractivity contribution in [2.24, 2.45) is 11.3 Å². The van der Waals surface area contributed by atoms with Gasteiger partial charge in [0.15, 0.2) is 5.78 Å². The number of ether oxygens (including phenoxy) is 1. The van der Waals surface area contributed by atoms with Gasteiger partial charge in [-0.2, -0.15) is 0 Å². The van der Waals surface area contributed by atoms with E-state index in [1.165, 1.54) is 0 Å². The highest BCUT2D eigenvalue weighted by molar-refractivity contribution is 6.05. The summed E-state index contributed by atoms with van der Waals surface area (Å²) in [5.41, 5.74) is 2.12. The minimum atomic E-state index is -0.655. The van der Waals surface area contributed by atoms with Gasteiger partial charge < -0.3 is 15.4 Å². The normalized spacial score (nSPS) is 27.1. The van der Waals surface area contributed by atoms with Gasteiger partial charge >= 0.3 is 6.03 Å². The van der Waals surface area contributed by atoms with Crippen LogP contribution in [0.15, 0.2) is 47.7 Å². The number of Topliss-reactive ketones (excluding diaryl/α,β-unsaturated/α-hetero) is 1. The Balaban J connectivity index is 1.79. The summed E-state index contributed by atoms with van der Waals surface area (Å²) in [5, 5.41) is 10.4. The van der Waals surface area contributed by atoms with Gasteiger partial charge in [-0.05, 0) is 28.9 Å². The van der Waals surface area contributed by atoms with Gasteiger partial charge in [0.25, 0.3) is 0 Å². The molecule has 7 nitrogen and oxygen atoms in total. The first-order valence-electron chi connectivity index (χ1n) is 10.5. The Labute approximate surface area is 180 Å². The largest absolute Gasteiger partial charge is 0.496 e. The molecule has 7 heteroatoms. The molecule has 2 aromatic carbocycles. The number of carbonyl (C=O) groups is 3. The number of rotatable bonds is 2.